The number of carbonyl (C=O) groups is 4. The minimum Gasteiger partial charge on any atom is -0.462 e. The highest BCUT2D eigenvalue weighted by molar-refractivity contribution is 7.47. The Morgan fingerprint density at radius 1 is 0.300 bits per heavy atom. The number of hydrogen-bond donors (Lipinski definition) is 3. The van der Waals surface area contributed by atoms with Crippen LogP contribution in [0.5, 0.6) is 0 Å². The zero-order valence-corrected chi connectivity index (χ0v) is 63.9. The van der Waals surface area contributed by atoms with Crippen molar-refractivity contribution in [3.63, 3.8) is 0 Å². The van der Waals surface area contributed by atoms with E-state index in [1.807, 2.05) is 12.2 Å². The van der Waals surface area contributed by atoms with Crippen LogP contribution in [-0.2, 0) is 65.4 Å². The van der Waals surface area contributed by atoms with Crippen LogP contribution in [0, 0.1) is 0 Å². The van der Waals surface area contributed by atoms with E-state index in [0.29, 0.717) is 25.7 Å². The van der Waals surface area contributed by atoms with Crippen LogP contribution in [0.4, 0.5) is 0 Å². The third-order valence-corrected chi connectivity index (χ3v) is 17.2. The number of ether oxygens (including phenoxy) is 4. The molecule has 3 N–H and O–H groups in total. The van der Waals surface area contributed by atoms with Gasteiger partial charge >= 0.3 is 39.5 Å². The summed E-state index contributed by atoms with van der Waals surface area (Å²) in [6.45, 7) is 4.41. The molecule has 0 aromatic rings. The lowest BCUT2D eigenvalue weighted by molar-refractivity contribution is -0.161. The summed E-state index contributed by atoms with van der Waals surface area (Å²) in [4.78, 5) is 72.8. The number of unbranched alkanes of at least 4 members (excludes halogenated alkanes) is 21. The maximum atomic E-state index is 13.1. The van der Waals surface area contributed by atoms with E-state index in [1.54, 1.807) is 12.2 Å². The van der Waals surface area contributed by atoms with E-state index in [0.717, 1.165) is 173 Å². The molecular weight excluding hydrogens is 1310 g/mol. The van der Waals surface area contributed by atoms with Crippen molar-refractivity contribution in [2.75, 3.05) is 39.6 Å². The Balaban J connectivity index is 5.42. The Morgan fingerprint density at radius 2 is 0.570 bits per heavy atom. The molecular formula is C81H134O17P2. The molecule has 5 unspecified atom stereocenters. The minimum atomic E-state index is -5.01. The standard InChI is InChI=1S/C81H134O17P2/c1-5-9-13-17-21-25-29-32-35-36-37-38-41-43-47-50-54-58-62-66-79(84)92-72-77(98-81(86)68-64-60-56-52-48-44-40-34-31-27-23-19-15-11-7-3)74-96-100(89,90)94-70-75(82)69-93-99(87,88)95-73-76(97-80(85)67-63-59-55-51-45-28-24-20-16-12-8-4)71-91-78(83)65-61-57-53-49-46-42-39-33-30-26-22-18-14-10-6-2/h9,11,13,15,20-27,32-35,37-40,48,52,60,64,75-77,82H,5-8,10,12,14,16-19,28-31,36,41-47,49-51,53-59,61-63,65-74H2,1-4H3,(H,87,88)(H,89,90)/b13-9-,15-11-,24-20-,25-21-,26-22-,27-23-,35-32-,38-37-,39-33-,40-34-,52-48-,64-60-. The molecule has 19 heteroatoms. The number of hydrogen-bond acceptors (Lipinski definition) is 15. The van der Waals surface area contributed by atoms with E-state index in [-0.39, 0.29) is 25.7 Å². The monoisotopic (exact) mass is 1440 g/mol. The van der Waals surface area contributed by atoms with Crippen molar-refractivity contribution in [3.05, 3.63) is 146 Å². The molecule has 570 valence electrons. The average Bonchev–Trinajstić information content (AvgIpc) is 0.926. The summed E-state index contributed by atoms with van der Waals surface area (Å²) in [6, 6.07) is 0. The Labute approximate surface area is 605 Å². The van der Waals surface area contributed by atoms with Gasteiger partial charge in [0.25, 0.3) is 0 Å². The first kappa shape index (κ1) is 94.9. The van der Waals surface area contributed by atoms with Gasteiger partial charge in [-0.1, -0.05) is 263 Å². The molecule has 5 atom stereocenters. The largest absolute Gasteiger partial charge is 0.472 e. The summed E-state index contributed by atoms with van der Waals surface area (Å²) < 4.78 is 68.3. The fourth-order valence-corrected chi connectivity index (χ4v) is 11.1. The van der Waals surface area contributed by atoms with Gasteiger partial charge in [0.05, 0.1) is 32.8 Å². The highest BCUT2D eigenvalue weighted by Crippen LogP contribution is 2.45. The summed E-state index contributed by atoms with van der Waals surface area (Å²) >= 11 is 0. The molecule has 0 aliphatic rings. The van der Waals surface area contributed by atoms with Gasteiger partial charge in [-0.25, -0.2) is 9.13 Å². The van der Waals surface area contributed by atoms with Crippen LogP contribution >= 0.6 is 15.6 Å². The summed E-state index contributed by atoms with van der Waals surface area (Å²) in [7, 11) is -10.00. The van der Waals surface area contributed by atoms with Crippen molar-refractivity contribution in [3.8, 4) is 0 Å². The molecule has 0 spiro atoms. The third kappa shape index (κ3) is 71.3. The summed E-state index contributed by atoms with van der Waals surface area (Å²) in [5.41, 5.74) is 0. The summed E-state index contributed by atoms with van der Waals surface area (Å²) in [5.74, 6) is -2.37. The molecule has 0 radical (unpaired) electrons. The fourth-order valence-electron chi connectivity index (χ4n) is 9.53. The van der Waals surface area contributed by atoms with Gasteiger partial charge in [-0.15, -0.1) is 0 Å². The molecule has 0 aromatic carbocycles. The topological polar surface area (TPSA) is 237 Å². The average molecular weight is 1440 g/mol. The van der Waals surface area contributed by atoms with Crippen LogP contribution in [0.1, 0.15) is 285 Å². The number of allylic oxidation sites excluding steroid dienone is 23. The van der Waals surface area contributed by atoms with E-state index >= 15 is 0 Å². The van der Waals surface area contributed by atoms with Gasteiger partial charge in [0, 0.05) is 19.3 Å². The SMILES string of the molecule is CC/C=C\C/C=C\C/C=C\C/C=C\C/C=C\CC(=O)OC(COC(=O)CCCCCCCC/C=C\C/C=C\C/C=C\C/C=C\CC)COP(=O)(O)OCC(O)COP(=O)(O)OCC(COC(=O)CCCCCCC/C=C\C/C=C\CCCCC)OC(=O)CCCCCCC/C=C\CCCC. The third-order valence-electron chi connectivity index (χ3n) is 15.3. The predicted molar refractivity (Wildman–Crippen MR) is 408 cm³/mol. The van der Waals surface area contributed by atoms with Crippen LogP contribution in [0.15, 0.2) is 146 Å². The lowest BCUT2D eigenvalue weighted by atomic mass is 10.1. The van der Waals surface area contributed by atoms with Gasteiger partial charge in [0.2, 0.25) is 0 Å². The smallest absolute Gasteiger partial charge is 0.462 e. The van der Waals surface area contributed by atoms with Crippen LogP contribution < -0.4 is 0 Å². The number of esters is 4. The van der Waals surface area contributed by atoms with Crippen LogP contribution in [0.3, 0.4) is 0 Å². The second-order valence-corrected chi connectivity index (χ2v) is 27.7. The Bertz CT molecular complexity index is 2470. The second-order valence-electron chi connectivity index (χ2n) is 24.8. The highest BCUT2D eigenvalue weighted by atomic mass is 31.2. The summed E-state index contributed by atoms with van der Waals surface area (Å²) in [6.07, 6.45) is 81.6. The van der Waals surface area contributed by atoms with Crippen molar-refractivity contribution < 1.29 is 80.2 Å². The van der Waals surface area contributed by atoms with Gasteiger partial charge < -0.3 is 33.8 Å². The van der Waals surface area contributed by atoms with E-state index < -0.39 is 97.5 Å². The Hall–Kier alpha value is -5.06. The van der Waals surface area contributed by atoms with E-state index in [2.05, 4.69) is 149 Å². The maximum Gasteiger partial charge on any atom is 0.472 e. The second kappa shape index (κ2) is 72.3. The number of carbonyl (C=O) groups excluding carboxylic acids is 4. The molecule has 100 heavy (non-hydrogen) atoms. The Kier molecular flexibility index (Phi) is 68.6. The number of aliphatic hydroxyl groups excluding tert-OH is 1. The molecule has 0 aromatic heterocycles. The first-order valence-electron chi connectivity index (χ1n) is 38.1. The number of phosphoric acid groups is 2. The molecule has 0 saturated carbocycles. The van der Waals surface area contributed by atoms with E-state index in [9.17, 15) is 43.2 Å². The molecule has 0 amide bonds. The van der Waals surface area contributed by atoms with Gasteiger partial charge in [0.15, 0.2) is 12.2 Å². The van der Waals surface area contributed by atoms with Gasteiger partial charge in [0.1, 0.15) is 19.3 Å². The first-order chi connectivity index (χ1) is 48.7. The van der Waals surface area contributed by atoms with Crippen molar-refractivity contribution in [1.82, 2.24) is 0 Å². The van der Waals surface area contributed by atoms with Crippen LogP contribution in [0.25, 0.3) is 0 Å². The zero-order chi connectivity index (χ0) is 73.2. The molecule has 0 fully saturated rings. The fraction of sp³-hybridized carbons (Fsp3) is 0.654. The molecule has 0 aliphatic heterocycles. The van der Waals surface area contributed by atoms with E-state index in [4.69, 9.17) is 37.0 Å². The van der Waals surface area contributed by atoms with Gasteiger partial charge in [-0.2, -0.15) is 0 Å². The lowest BCUT2D eigenvalue weighted by Gasteiger charge is -2.21. The number of phosphoric ester groups is 2. The number of rotatable bonds is 70. The van der Waals surface area contributed by atoms with Gasteiger partial charge in [-0.05, 0) is 141 Å². The molecule has 0 rings (SSSR count). The highest BCUT2D eigenvalue weighted by Gasteiger charge is 2.30. The van der Waals surface area contributed by atoms with Gasteiger partial charge in [-0.3, -0.25) is 37.3 Å². The van der Waals surface area contributed by atoms with Crippen LogP contribution in [0.2, 0.25) is 0 Å². The van der Waals surface area contributed by atoms with Crippen molar-refractivity contribution in [2.24, 2.45) is 0 Å². The molecule has 17 nitrogen and oxygen atoms in total. The van der Waals surface area contributed by atoms with Crippen molar-refractivity contribution >= 4 is 39.5 Å². The number of aliphatic hydroxyl groups is 1. The van der Waals surface area contributed by atoms with Crippen molar-refractivity contribution in [1.29, 1.82) is 0 Å². The zero-order valence-electron chi connectivity index (χ0n) is 62.1. The normalized spacial score (nSPS) is 14.8. The predicted octanol–water partition coefficient (Wildman–Crippen LogP) is 21.9. The van der Waals surface area contributed by atoms with Crippen LogP contribution in [-0.4, -0.2) is 96.7 Å². The first-order valence-corrected chi connectivity index (χ1v) is 41.1. The lowest BCUT2D eigenvalue weighted by Crippen LogP contribution is -2.30. The summed E-state index contributed by atoms with van der Waals surface area (Å²) in [5, 5.41) is 10.6. The Morgan fingerprint density at radius 3 is 0.930 bits per heavy atom. The molecule has 0 heterocycles. The maximum absolute atomic E-state index is 13.1. The van der Waals surface area contributed by atoms with Crippen molar-refractivity contribution in [2.45, 2.75) is 303 Å². The van der Waals surface area contributed by atoms with E-state index in [1.165, 1.54) is 32.1 Å². The molecule has 0 aliphatic carbocycles. The quantitative estimate of drug-likeness (QED) is 0.0169. The minimum absolute atomic E-state index is 0.0756. The molecule has 0 saturated heterocycles. The molecule has 0 bridgehead atoms.